The average Bonchev–Trinajstić information content (AvgIpc) is 3.29. The number of quaternary nitrogens is 1. The molecule has 1 unspecified atom stereocenters. The highest BCUT2D eigenvalue weighted by Crippen LogP contribution is 2.26. The van der Waals surface area contributed by atoms with E-state index in [0.29, 0.717) is 17.5 Å². The maximum absolute atomic E-state index is 12.1. The van der Waals surface area contributed by atoms with Crippen molar-refractivity contribution in [3.63, 3.8) is 0 Å². The summed E-state index contributed by atoms with van der Waals surface area (Å²) < 4.78 is 0. The Labute approximate surface area is 140 Å². The van der Waals surface area contributed by atoms with Crippen molar-refractivity contribution >= 4 is 29.3 Å². The van der Waals surface area contributed by atoms with E-state index in [1.807, 2.05) is 31.3 Å². The molecule has 0 spiro atoms. The fourth-order valence-electron chi connectivity index (χ4n) is 2.12. The number of hydrogen-bond acceptors (Lipinski definition) is 4. The molecule has 2 amide bonds. The lowest BCUT2D eigenvalue weighted by molar-refractivity contribution is -0.862. The van der Waals surface area contributed by atoms with Crippen LogP contribution in [0.2, 0.25) is 0 Å². The largest absolute Gasteiger partial charge is 0.348 e. The zero-order valence-corrected chi connectivity index (χ0v) is 13.9. The third-order valence-electron chi connectivity index (χ3n) is 3.32. The van der Waals surface area contributed by atoms with Crippen LogP contribution in [0.25, 0.3) is 0 Å². The number of para-hydroxylation sites is 1. The summed E-state index contributed by atoms with van der Waals surface area (Å²) in [4.78, 5) is 25.5. The maximum Gasteiger partial charge on any atom is 0.279 e. The number of amides is 2. The molecule has 0 bridgehead atoms. The van der Waals surface area contributed by atoms with Gasteiger partial charge in [0.1, 0.15) is 0 Å². The van der Waals surface area contributed by atoms with Gasteiger partial charge in [-0.05, 0) is 25.0 Å². The number of nitriles is 1. The number of benzene rings is 1. The lowest BCUT2D eigenvalue weighted by Crippen LogP contribution is -3.11. The highest BCUT2D eigenvalue weighted by Gasteiger charge is 2.25. The van der Waals surface area contributed by atoms with Crippen LogP contribution in [-0.4, -0.2) is 43.7 Å². The van der Waals surface area contributed by atoms with Crippen molar-refractivity contribution in [3.05, 3.63) is 24.3 Å². The first-order valence-electron chi connectivity index (χ1n) is 7.57. The van der Waals surface area contributed by atoms with E-state index in [1.165, 1.54) is 11.8 Å². The Balaban J connectivity index is 1.81. The van der Waals surface area contributed by atoms with E-state index in [0.717, 1.165) is 22.6 Å². The smallest absolute Gasteiger partial charge is 0.279 e. The average molecular weight is 333 g/mol. The van der Waals surface area contributed by atoms with Gasteiger partial charge in [-0.25, -0.2) is 0 Å². The lowest BCUT2D eigenvalue weighted by Gasteiger charge is -2.14. The Morgan fingerprint density at radius 1 is 1.30 bits per heavy atom. The standard InChI is InChI=1S/C16H20N4O2S/c1-20(10-15(21)18-12-6-7-12)11-16(22)19-13-4-2-3-5-14(13)23-9-8-17/h2-5,12H,6-7,9-11H2,1H3,(H,18,21)(H,19,22)/p+1. The fourth-order valence-corrected chi connectivity index (χ4v) is 2.79. The maximum atomic E-state index is 12.1. The Morgan fingerprint density at radius 2 is 2.00 bits per heavy atom. The lowest BCUT2D eigenvalue weighted by atomic mass is 10.3. The molecule has 1 aliphatic carbocycles. The van der Waals surface area contributed by atoms with Gasteiger partial charge in [0, 0.05) is 10.9 Å². The van der Waals surface area contributed by atoms with Crippen molar-refractivity contribution in [2.75, 3.05) is 31.2 Å². The highest BCUT2D eigenvalue weighted by atomic mass is 32.2. The highest BCUT2D eigenvalue weighted by molar-refractivity contribution is 7.99. The van der Waals surface area contributed by atoms with E-state index in [4.69, 9.17) is 5.26 Å². The van der Waals surface area contributed by atoms with Gasteiger partial charge in [0.25, 0.3) is 11.8 Å². The minimum Gasteiger partial charge on any atom is -0.348 e. The molecule has 7 heteroatoms. The molecule has 6 nitrogen and oxygen atoms in total. The number of rotatable bonds is 8. The molecule has 0 saturated heterocycles. The molecule has 0 aromatic heterocycles. The normalized spacial score (nSPS) is 14.6. The Morgan fingerprint density at radius 3 is 2.70 bits per heavy atom. The number of likely N-dealkylation sites (N-methyl/N-ethyl adjacent to an activating group) is 1. The van der Waals surface area contributed by atoms with Gasteiger partial charge in [0.05, 0.1) is 24.6 Å². The second kappa shape index (κ2) is 8.56. The van der Waals surface area contributed by atoms with E-state index in [9.17, 15) is 9.59 Å². The number of hydrogen-bond donors (Lipinski definition) is 3. The number of thioether (sulfide) groups is 1. The molecule has 3 N–H and O–H groups in total. The van der Waals surface area contributed by atoms with Crippen LogP contribution in [0.15, 0.2) is 29.2 Å². The minimum atomic E-state index is -0.147. The molecule has 0 aliphatic heterocycles. The second-order valence-electron chi connectivity index (χ2n) is 5.64. The number of carbonyl (C=O) groups excluding carboxylic acids is 2. The van der Waals surface area contributed by atoms with Gasteiger partial charge >= 0.3 is 0 Å². The summed E-state index contributed by atoms with van der Waals surface area (Å²) in [5.41, 5.74) is 0.702. The molecule has 122 valence electrons. The van der Waals surface area contributed by atoms with Gasteiger partial charge in [0.15, 0.2) is 13.1 Å². The third-order valence-corrected chi connectivity index (χ3v) is 4.26. The van der Waals surface area contributed by atoms with Crippen molar-refractivity contribution in [2.45, 2.75) is 23.8 Å². The number of nitrogens with one attached hydrogen (secondary N) is 3. The monoisotopic (exact) mass is 333 g/mol. The Hall–Kier alpha value is -2.04. The summed E-state index contributed by atoms with van der Waals surface area (Å²) in [6, 6.07) is 9.81. The van der Waals surface area contributed by atoms with Crippen LogP contribution in [-0.2, 0) is 9.59 Å². The van der Waals surface area contributed by atoms with E-state index >= 15 is 0 Å². The first-order valence-corrected chi connectivity index (χ1v) is 8.56. The summed E-state index contributed by atoms with van der Waals surface area (Å²) >= 11 is 1.39. The molecule has 1 fully saturated rings. The molecule has 1 aromatic rings. The SMILES string of the molecule is C[NH+](CC(=O)Nc1ccccc1SCC#N)CC(=O)NC1CC1. The van der Waals surface area contributed by atoms with Gasteiger partial charge in [-0.2, -0.15) is 5.26 Å². The van der Waals surface area contributed by atoms with Gasteiger partial charge in [0.2, 0.25) is 0 Å². The fraction of sp³-hybridized carbons (Fsp3) is 0.438. The van der Waals surface area contributed by atoms with E-state index < -0.39 is 0 Å². The predicted molar refractivity (Wildman–Crippen MR) is 89.2 cm³/mol. The zero-order chi connectivity index (χ0) is 16.7. The van der Waals surface area contributed by atoms with Crippen molar-refractivity contribution in [3.8, 4) is 6.07 Å². The zero-order valence-electron chi connectivity index (χ0n) is 13.1. The Bertz CT molecular complexity index is 610. The van der Waals surface area contributed by atoms with Crippen LogP contribution in [0.4, 0.5) is 5.69 Å². The van der Waals surface area contributed by atoms with Crippen LogP contribution < -0.4 is 15.5 Å². The first kappa shape index (κ1) is 17.3. The van der Waals surface area contributed by atoms with Gasteiger partial charge in [-0.15, -0.1) is 11.8 Å². The Kier molecular flexibility index (Phi) is 6.44. The topological polar surface area (TPSA) is 86.4 Å². The van der Waals surface area contributed by atoms with Crippen LogP contribution in [0.5, 0.6) is 0 Å². The van der Waals surface area contributed by atoms with E-state index in [1.54, 1.807) is 0 Å². The van der Waals surface area contributed by atoms with Crippen molar-refractivity contribution in [1.82, 2.24) is 5.32 Å². The molecule has 0 radical (unpaired) electrons. The molecular formula is C16H21N4O2S+. The van der Waals surface area contributed by atoms with Gasteiger partial charge in [-0.1, -0.05) is 12.1 Å². The molecule has 2 rings (SSSR count). The number of anilines is 1. The number of carbonyl (C=O) groups is 2. The molecular weight excluding hydrogens is 312 g/mol. The first-order chi connectivity index (χ1) is 11.1. The third kappa shape index (κ3) is 6.30. The van der Waals surface area contributed by atoms with Crippen molar-refractivity contribution < 1.29 is 14.5 Å². The van der Waals surface area contributed by atoms with Crippen LogP contribution in [0, 0.1) is 11.3 Å². The second-order valence-corrected chi connectivity index (χ2v) is 6.66. The van der Waals surface area contributed by atoms with Crippen LogP contribution in [0.1, 0.15) is 12.8 Å². The van der Waals surface area contributed by atoms with E-state index in [-0.39, 0.29) is 24.9 Å². The summed E-state index contributed by atoms with van der Waals surface area (Å²) in [5, 5.41) is 14.4. The van der Waals surface area contributed by atoms with Crippen LogP contribution >= 0.6 is 11.8 Å². The molecule has 1 aromatic carbocycles. The van der Waals surface area contributed by atoms with Crippen molar-refractivity contribution in [1.29, 1.82) is 5.26 Å². The van der Waals surface area contributed by atoms with Gasteiger partial charge in [-0.3, -0.25) is 9.59 Å². The molecule has 0 heterocycles. The van der Waals surface area contributed by atoms with Crippen molar-refractivity contribution in [2.24, 2.45) is 0 Å². The van der Waals surface area contributed by atoms with Gasteiger partial charge < -0.3 is 15.5 Å². The predicted octanol–water partition coefficient (Wildman–Crippen LogP) is 0.0341. The molecule has 1 saturated carbocycles. The number of nitrogens with zero attached hydrogens (tertiary/aromatic N) is 1. The molecule has 1 atom stereocenters. The summed E-state index contributed by atoms with van der Waals surface area (Å²) in [5.74, 6) is 0.175. The van der Waals surface area contributed by atoms with Crippen LogP contribution in [0.3, 0.4) is 0 Å². The molecule has 23 heavy (non-hydrogen) atoms. The summed E-state index contributed by atoms with van der Waals surface area (Å²) in [7, 11) is 1.82. The quantitative estimate of drug-likeness (QED) is 0.586. The molecule has 1 aliphatic rings. The van der Waals surface area contributed by atoms with E-state index in [2.05, 4.69) is 16.7 Å². The minimum absolute atomic E-state index is 0.0113. The summed E-state index contributed by atoms with van der Waals surface area (Å²) in [6.07, 6.45) is 2.12. The summed E-state index contributed by atoms with van der Waals surface area (Å²) in [6.45, 7) is 0.504.